The van der Waals surface area contributed by atoms with E-state index in [1.54, 1.807) is 0 Å². The molecule has 80 valence electrons. The van der Waals surface area contributed by atoms with E-state index in [0.717, 1.165) is 37.0 Å². The Morgan fingerprint density at radius 3 is 2.57 bits per heavy atom. The van der Waals surface area contributed by atoms with Gasteiger partial charge in [0.15, 0.2) is 0 Å². The summed E-state index contributed by atoms with van der Waals surface area (Å²) < 4.78 is 5.39. The van der Waals surface area contributed by atoms with E-state index < -0.39 is 0 Å². The Morgan fingerprint density at radius 2 is 1.86 bits per heavy atom. The van der Waals surface area contributed by atoms with Crippen LogP contribution in [0, 0.1) is 17.8 Å². The summed E-state index contributed by atoms with van der Waals surface area (Å²) in [4.78, 5) is 0. The van der Waals surface area contributed by atoms with Crippen LogP contribution in [0.3, 0.4) is 0 Å². The number of fused-ring (bicyclic) bond motifs is 1. The highest BCUT2D eigenvalue weighted by atomic mass is 16.5. The summed E-state index contributed by atoms with van der Waals surface area (Å²) in [5, 5.41) is 7.11. The Bertz CT molecular complexity index is 191. The van der Waals surface area contributed by atoms with Crippen LogP contribution in [0.25, 0.3) is 0 Å². The van der Waals surface area contributed by atoms with E-state index in [2.05, 4.69) is 10.6 Å². The Morgan fingerprint density at radius 1 is 1.14 bits per heavy atom. The summed E-state index contributed by atoms with van der Waals surface area (Å²) in [7, 11) is 0. The van der Waals surface area contributed by atoms with Gasteiger partial charge in [0.1, 0.15) is 0 Å². The molecule has 3 heteroatoms. The van der Waals surface area contributed by atoms with E-state index >= 15 is 0 Å². The number of piperidine rings is 1. The normalized spacial score (nSPS) is 42.4. The minimum absolute atomic E-state index is 0.776. The third-order valence-electron chi connectivity index (χ3n) is 4.11. The number of rotatable bonds is 3. The van der Waals surface area contributed by atoms with Crippen molar-refractivity contribution in [3.63, 3.8) is 0 Å². The number of hydrogen-bond acceptors (Lipinski definition) is 3. The van der Waals surface area contributed by atoms with Crippen LogP contribution in [0.5, 0.6) is 0 Å². The van der Waals surface area contributed by atoms with Crippen molar-refractivity contribution >= 4 is 0 Å². The van der Waals surface area contributed by atoms with E-state index in [-0.39, 0.29) is 0 Å². The number of hydrogen-bond donors (Lipinski definition) is 2. The van der Waals surface area contributed by atoms with Gasteiger partial charge < -0.3 is 15.4 Å². The summed E-state index contributed by atoms with van der Waals surface area (Å²) >= 11 is 0. The second-order valence-corrected chi connectivity index (χ2v) is 4.96. The van der Waals surface area contributed by atoms with Crippen LogP contribution < -0.4 is 10.6 Å². The second-order valence-electron chi connectivity index (χ2n) is 4.96. The summed E-state index contributed by atoms with van der Waals surface area (Å²) in [5.74, 6) is 2.76. The molecular formula is C11H20N2O. The van der Waals surface area contributed by atoms with Gasteiger partial charge in [-0.25, -0.2) is 0 Å². The van der Waals surface area contributed by atoms with Crippen LogP contribution in [0.15, 0.2) is 0 Å². The van der Waals surface area contributed by atoms with Crippen LogP contribution in [-0.2, 0) is 4.74 Å². The van der Waals surface area contributed by atoms with Crippen molar-refractivity contribution in [1.29, 1.82) is 0 Å². The molecule has 1 saturated carbocycles. The van der Waals surface area contributed by atoms with Crippen LogP contribution >= 0.6 is 0 Å². The highest BCUT2D eigenvalue weighted by molar-refractivity contribution is 5.01. The second kappa shape index (κ2) is 3.80. The van der Waals surface area contributed by atoms with Crippen molar-refractivity contribution in [2.24, 2.45) is 17.8 Å². The van der Waals surface area contributed by atoms with Crippen LogP contribution in [0.2, 0.25) is 0 Å². The molecule has 2 unspecified atom stereocenters. The predicted molar refractivity (Wildman–Crippen MR) is 55.2 cm³/mol. The van der Waals surface area contributed by atoms with Crippen molar-refractivity contribution in [3.8, 4) is 0 Å². The predicted octanol–water partition coefficient (Wildman–Crippen LogP) is 0.220. The zero-order valence-corrected chi connectivity index (χ0v) is 8.67. The summed E-state index contributed by atoms with van der Waals surface area (Å²) in [5.41, 5.74) is 0. The van der Waals surface area contributed by atoms with Gasteiger partial charge >= 0.3 is 0 Å². The fraction of sp³-hybridized carbons (Fsp3) is 1.00. The Kier molecular flexibility index (Phi) is 2.48. The number of nitrogens with one attached hydrogen (secondary N) is 2. The van der Waals surface area contributed by atoms with Gasteiger partial charge in [-0.1, -0.05) is 0 Å². The molecular weight excluding hydrogens is 176 g/mol. The van der Waals surface area contributed by atoms with Crippen molar-refractivity contribution < 1.29 is 4.74 Å². The maximum Gasteiger partial charge on any atom is 0.0501 e. The quantitative estimate of drug-likeness (QED) is 0.677. The SMILES string of the molecule is C1CC(NCC2C3COCC23)CCN1. The smallest absolute Gasteiger partial charge is 0.0501 e. The van der Waals surface area contributed by atoms with E-state index in [1.165, 1.54) is 32.5 Å². The molecule has 2 atom stereocenters. The first kappa shape index (κ1) is 9.13. The molecule has 1 aliphatic carbocycles. The van der Waals surface area contributed by atoms with Gasteiger partial charge in [-0.15, -0.1) is 0 Å². The van der Waals surface area contributed by atoms with Gasteiger partial charge in [0.2, 0.25) is 0 Å². The fourth-order valence-electron chi connectivity index (χ4n) is 2.99. The van der Waals surface area contributed by atoms with Gasteiger partial charge in [-0.3, -0.25) is 0 Å². The standard InChI is InChI=1S/C11H20N2O/c1-3-12-4-2-8(1)13-5-9-10-6-14-7-11(9)10/h8-13H,1-7H2. The molecule has 0 aromatic carbocycles. The van der Waals surface area contributed by atoms with E-state index in [0.29, 0.717) is 0 Å². The molecule has 0 spiro atoms. The van der Waals surface area contributed by atoms with Gasteiger partial charge in [0, 0.05) is 6.04 Å². The van der Waals surface area contributed by atoms with Gasteiger partial charge in [-0.2, -0.15) is 0 Å². The lowest BCUT2D eigenvalue weighted by Crippen LogP contribution is -2.41. The fourth-order valence-corrected chi connectivity index (χ4v) is 2.99. The van der Waals surface area contributed by atoms with Crippen molar-refractivity contribution in [3.05, 3.63) is 0 Å². The monoisotopic (exact) mass is 196 g/mol. The third kappa shape index (κ3) is 1.69. The lowest BCUT2D eigenvalue weighted by Gasteiger charge is -2.24. The summed E-state index contributed by atoms with van der Waals surface area (Å²) in [6, 6.07) is 0.776. The molecule has 0 aromatic rings. The molecule has 2 heterocycles. The molecule has 0 aromatic heterocycles. The minimum atomic E-state index is 0.776. The first-order valence-electron chi connectivity index (χ1n) is 5.97. The molecule has 3 nitrogen and oxygen atoms in total. The lowest BCUT2D eigenvalue weighted by atomic mass is 10.1. The zero-order chi connectivity index (χ0) is 9.38. The van der Waals surface area contributed by atoms with Gasteiger partial charge in [0.05, 0.1) is 13.2 Å². The average Bonchev–Trinajstić information content (AvgIpc) is 2.69. The zero-order valence-electron chi connectivity index (χ0n) is 8.67. The lowest BCUT2D eigenvalue weighted by molar-refractivity contribution is 0.149. The van der Waals surface area contributed by atoms with Crippen molar-refractivity contribution in [1.82, 2.24) is 10.6 Å². The number of ether oxygens (including phenoxy) is 1. The molecule has 14 heavy (non-hydrogen) atoms. The third-order valence-corrected chi connectivity index (χ3v) is 4.11. The van der Waals surface area contributed by atoms with E-state index in [4.69, 9.17) is 4.74 Å². The minimum Gasteiger partial charge on any atom is -0.381 e. The van der Waals surface area contributed by atoms with Crippen molar-refractivity contribution in [2.75, 3.05) is 32.8 Å². The molecule has 0 radical (unpaired) electrons. The first-order valence-corrected chi connectivity index (χ1v) is 5.97. The summed E-state index contributed by atoms with van der Waals surface area (Å²) in [6.45, 7) is 5.69. The topological polar surface area (TPSA) is 33.3 Å². The maximum atomic E-state index is 5.39. The molecule has 3 fully saturated rings. The van der Waals surface area contributed by atoms with Crippen molar-refractivity contribution in [2.45, 2.75) is 18.9 Å². The highest BCUT2D eigenvalue weighted by Crippen LogP contribution is 2.50. The van der Waals surface area contributed by atoms with E-state index in [1.807, 2.05) is 0 Å². The van der Waals surface area contributed by atoms with Gasteiger partial charge in [0.25, 0.3) is 0 Å². The maximum absolute atomic E-state index is 5.39. The molecule has 2 N–H and O–H groups in total. The molecule has 2 aliphatic heterocycles. The average molecular weight is 196 g/mol. The van der Waals surface area contributed by atoms with Crippen LogP contribution in [0.1, 0.15) is 12.8 Å². The van der Waals surface area contributed by atoms with Gasteiger partial charge in [-0.05, 0) is 50.2 Å². The highest BCUT2D eigenvalue weighted by Gasteiger charge is 2.53. The Balaban J connectivity index is 1.38. The Labute approximate surface area is 85.6 Å². The summed E-state index contributed by atoms with van der Waals surface area (Å²) in [6.07, 6.45) is 2.61. The van der Waals surface area contributed by atoms with E-state index in [9.17, 15) is 0 Å². The van der Waals surface area contributed by atoms with Crippen LogP contribution in [-0.4, -0.2) is 38.9 Å². The molecule has 3 aliphatic rings. The van der Waals surface area contributed by atoms with Crippen LogP contribution in [0.4, 0.5) is 0 Å². The molecule has 0 amide bonds. The largest absolute Gasteiger partial charge is 0.381 e. The Hall–Kier alpha value is -0.120. The molecule has 2 saturated heterocycles. The molecule has 3 rings (SSSR count). The molecule has 0 bridgehead atoms. The first-order chi connectivity index (χ1) is 6.95.